The Morgan fingerprint density at radius 2 is 2.00 bits per heavy atom. The van der Waals surface area contributed by atoms with Gasteiger partial charge in [0.2, 0.25) is 0 Å². The maximum atomic E-state index is 13.7. The number of halogens is 3. The van der Waals surface area contributed by atoms with Crippen LogP contribution >= 0.6 is 27.3 Å². The van der Waals surface area contributed by atoms with Gasteiger partial charge in [0.05, 0.1) is 17.2 Å². The third-order valence-electron chi connectivity index (χ3n) is 2.64. The molecule has 0 aliphatic heterocycles. The first-order chi connectivity index (χ1) is 9.27. The molecule has 0 unspecified atom stereocenters. The molecule has 1 aromatic heterocycles. The molecule has 2 aromatic rings. The Morgan fingerprint density at radius 1 is 1.30 bits per heavy atom. The van der Waals surface area contributed by atoms with Crippen molar-refractivity contribution in [1.82, 2.24) is 4.98 Å². The molecule has 1 N–H and O–H groups in total. The predicted molar refractivity (Wildman–Crippen MR) is 82.2 cm³/mol. The summed E-state index contributed by atoms with van der Waals surface area (Å²) < 4.78 is 27.0. The Morgan fingerprint density at radius 3 is 2.55 bits per heavy atom. The van der Waals surface area contributed by atoms with Crippen molar-refractivity contribution in [2.75, 3.05) is 5.32 Å². The molecule has 0 amide bonds. The van der Waals surface area contributed by atoms with Crippen LogP contribution in [0, 0.1) is 11.6 Å². The van der Waals surface area contributed by atoms with Gasteiger partial charge in [-0.2, -0.15) is 0 Å². The van der Waals surface area contributed by atoms with Crippen molar-refractivity contribution in [3.05, 3.63) is 44.3 Å². The summed E-state index contributed by atoms with van der Waals surface area (Å²) in [5, 5.41) is 4.01. The first-order valence-corrected chi connectivity index (χ1v) is 7.72. The average molecular weight is 361 g/mol. The fraction of sp³-hybridized carbons (Fsp3) is 0.357. The van der Waals surface area contributed by atoms with Gasteiger partial charge in [0.1, 0.15) is 11.6 Å². The van der Waals surface area contributed by atoms with E-state index in [1.165, 1.54) is 6.07 Å². The molecular formula is C14H15BrF2N2S. The first kappa shape index (κ1) is 15.4. The molecule has 1 aromatic carbocycles. The maximum absolute atomic E-state index is 13.7. The van der Waals surface area contributed by atoms with E-state index in [-0.39, 0.29) is 11.1 Å². The Kier molecular flexibility index (Phi) is 4.44. The van der Waals surface area contributed by atoms with E-state index in [0.717, 1.165) is 16.0 Å². The molecule has 0 radical (unpaired) electrons. The van der Waals surface area contributed by atoms with Crippen LogP contribution in [0.25, 0.3) is 0 Å². The van der Waals surface area contributed by atoms with Crippen molar-refractivity contribution >= 4 is 33.0 Å². The van der Waals surface area contributed by atoms with Crippen LogP contribution in [0.5, 0.6) is 0 Å². The highest BCUT2D eigenvalue weighted by atomic mass is 79.9. The van der Waals surface area contributed by atoms with Gasteiger partial charge in [0.25, 0.3) is 0 Å². The maximum Gasteiger partial charge on any atom is 0.150 e. The van der Waals surface area contributed by atoms with E-state index < -0.39 is 11.6 Å². The summed E-state index contributed by atoms with van der Waals surface area (Å²) in [7, 11) is 0. The zero-order valence-corrected chi connectivity index (χ0v) is 13.8. The van der Waals surface area contributed by atoms with Crippen LogP contribution in [0.15, 0.2) is 22.8 Å². The monoisotopic (exact) mass is 360 g/mol. The standard InChI is InChI=1S/C14H15BrF2N2S/c1-14(2,3)13-19-7-9(20-13)6-18-12-10(15)4-8(16)5-11(12)17/h4-5,7,18H,6H2,1-3H3. The molecule has 0 saturated carbocycles. The van der Waals surface area contributed by atoms with Gasteiger partial charge in [-0.15, -0.1) is 11.3 Å². The summed E-state index contributed by atoms with van der Waals surface area (Å²) >= 11 is 4.74. The lowest BCUT2D eigenvalue weighted by molar-refractivity contribution is 0.583. The van der Waals surface area contributed by atoms with Crippen LogP contribution in [0.2, 0.25) is 0 Å². The van der Waals surface area contributed by atoms with Crippen LogP contribution in [-0.2, 0) is 12.0 Å². The molecule has 0 aliphatic rings. The Bertz CT molecular complexity index is 597. The van der Waals surface area contributed by atoms with Gasteiger partial charge >= 0.3 is 0 Å². The van der Waals surface area contributed by atoms with Gasteiger partial charge in [-0.1, -0.05) is 20.8 Å². The summed E-state index contributed by atoms with van der Waals surface area (Å²) in [6.45, 7) is 6.74. The number of hydrogen-bond acceptors (Lipinski definition) is 3. The average Bonchev–Trinajstić information content (AvgIpc) is 2.75. The second kappa shape index (κ2) is 5.77. The van der Waals surface area contributed by atoms with Gasteiger partial charge in [0, 0.05) is 27.0 Å². The minimum Gasteiger partial charge on any atom is -0.377 e. The smallest absolute Gasteiger partial charge is 0.150 e. The molecule has 0 aliphatic carbocycles. The van der Waals surface area contributed by atoms with Gasteiger partial charge in [-0.3, -0.25) is 0 Å². The highest BCUT2D eigenvalue weighted by molar-refractivity contribution is 9.10. The normalized spacial score (nSPS) is 11.7. The number of hydrogen-bond donors (Lipinski definition) is 1. The van der Waals surface area contributed by atoms with E-state index in [1.807, 2.05) is 0 Å². The van der Waals surface area contributed by atoms with Gasteiger partial charge in [-0.25, -0.2) is 13.8 Å². The molecule has 20 heavy (non-hydrogen) atoms. The quantitative estimate of drug-likeness (QED) is 0.823. The second-order valence-electron chi connectivity index (χ2n) is 5.48. The summed E-state index contributed by atoms with van der Waals surface area (Å²) in [6.07, 6.45) is 1.79. The van der Waals surface area contributed by atoms with Crippen LogP contribution in [0.4, 0.5) is 14.5 Å². The third kappa shape index (κ3) is 3.55. The lowest BCUT2D eigenvalue weighted by Crippen LogP contribution is -2.09. The van der Waals surface area contributed by atoms with Crippen LogP contribution < -0.4 is 5.32 Å². The highest BCUT2D eigenvalue weighted by Gasteiger charge is 2.18. The van der Waals surface area contributed by atoms with E-state index in [1.54, 1.807) is 17.5 Å². The molecule has 2 rings (SSSR count). The number of thiazole rings is 1. The zero-order valence-electron chi connectivity index (χ0n) is 11.4. The van der Waals surface area contributed by atoms with E-state index in [4.69, 9.17) is 0 Å². The number of aromatic nitrogens is 1. The van der Waals surface area contributed by atoms with E-state index in [2.05, 4.69) is 47.0 Å². The number of rotatable bonds is 3. The van der Waals surface area contributed by atoms with Crippen LogP contribution in [0.1, 0.15) is 30.7 Å². The largest absolute Gasteiger partial charge is 0.377 e. The summed E-state index contributed by atoms with van der Waals surface area (Å²) in [4.78, 5) is 5.38. The van der Waals surface area contributed by atoms with Crippen molar-refractivity contribution < 1.29 is 8.78 Å². The Balaban J connectivity index is 2.12. The van der Waals surface area contributed by atoms with E-state index in [9.17, 15) is 8.78 Å². The fourth-order valence-electron chi connectivity index (χ4n) is 1.62. The van der Waals surface area contributed by atoms with Crippen LogP contribution in [-0.4, -0.2) is 4.98 Å². The number of nitrogens with one attached hydrogen (secondary N) is 1. The first-order valence-electron chi connectivity index (χ1n) is 6.11. The molecule has 0 fully saturated rings. The lowest BCUT2D eigenvalue weighted by Gasteiger charge is -2.13. The molecule has 108 valence electrons. The van der Waals surface area contributed by atoms with Crippen molar-refractivity contribution in [3.63, 3.8) is 0 Å². The summed E-state index contributed by atoms with van der Waals surface area (Å²) in [5.41, 5.74) is 0.266. The zero-order chi connectivity index (χ0) is 14.9. The minimum atomic E-state index is -0.613. The van der Waals surface area contributed by atoms with Gasteiger partial charge in [0.15, 0.2) is 0 Å². The van der Waals surface area contributed by atoms with Crippen molar-refractivity contribution in [1.29, 1.82) is 0 Å². The van der Waals surface area contributed by atoms with E-state index >= 15 is 0 Å². The highest BCUT2D eigenvalue weighted by Crippen LogP contribution is 2.30. The predicted octanol–water partition coefficient (Wildman–Crippen LogP) is 5.09. The van der Waals surface area contributed by atoms with Crippen molar-refractivity contribution in [2.45, 2.75) is 32.7 Å². The SMILES string of the molecule is CC(C)(C)c1ncc(CNc2c(F)cc(F)cc2Br)s1. The van der Waals surface area contributed by atoms with Gasteiger partial charge in [-0.05, 0) is 22.0 Å². The fourth-order valence-corrected chi connectivity index (χ4v) is 3.08. The molecule has 0 saturated heterocycles. The third-order valence-corrected chi connectivity index (χ3v) is 4.69. The van der Waals surface area contributed by atoms with Crippen molar-refractivity contribution in [3.8, 4) is 0 Å². The number of benzene rings is 1. The molecule has 0 spiro atoms. The molecule has 0 atom stereocenters. The summed E-state index contributed by atoms with van der Waals surface area (Å²) in [6, 6.07) is 2.10. The Hall–Kier alpha value is -1.01. The number of nitrogens with zero attached hydrogens (tertiary/aromatic N) is 1. The molecule has 1 heterocycles. The van der Waals surface area contributed by atoms with Gasteiger partial charge < -0.3 is 5.32 Å². The van der Waals surface area contributed by atoms with E-state index in [0.29, 0.717) is 11.0 Å². The molecule has 0 bridgehead atoms. The molecule has 2 nitrogen and oxygen atoms in total. The number of anilines is 1. The molecule has 6 heteroatoms. The molecular weight excluding hydrogens is 346 g/mol. The topological polar surface area (TPSA) is 24.9 Å². The van der Waals surface area contributed by atoms with Crippen molar-refractivity contribution in [2.24, 2.45) is 0 Å². The minimum absolute atomic E-state index is 0.00459. The second-order valence-corrected chi connectivity index (χ2v) is 7.45. The Labute approximate surface area is 129 Å². The lowest BCUT2D eigenvalue weighted by atomic mass is 9.98. The summed E-state index contributed by atoms with van der Waals surface area (Å²) in [5.74, 6) is -1.22. The van der Waals surface area contributed by atoms with Crippen LogP contribution in [0.3, 0.4) is 0 Å².